The Hall–Kier alpha value is -3.60. The van der Waals surface area contributed by atoms with Crippen molar-refractivity contribution in [3.8, 4) is 0 Å². The van der Waals surface area contributed by atoms with Crippen molar-refractivity contribution in [2.45, 2.75) is 25.6 Å². The predicted molar refractivity (Wildman–Crippen MR) is 120 cm³/mol. The summed E-state index contributed by atoms with van der Waals surface area (Å²) in [7, 11) is 0. The Morgan fingerprint density at radius 2 is 2.06 bits per heavy atom. The summed E-state index contributed by atoms with van der Waals surface area (Å²) in [6, 6.07) is 9.26. The number of aliphatic hydroxyl groups excluding tert-OH is 1. The molecule has 1 aromatic heterocycles. The number of alkyl halides is 3. The molecule has 0 spiro atoms. The summed E-state index contributed by atoms with van der Waals surface area (Å²) < 4.78 is 46.2. The average molecular weight is 488 g/mol. The lowest BCUT2D eigenvalue weighted by Crippen LogP contribution is -2.37. The van der Waals surface area contributed by atoms with Gasteiger partial charge in [0.15, 0.2) is 0 Å². The third-order valence-electron chi connectivity index (χ3n) is 6.66. The highest BCUT2D eigenvalue weighted by atomic mass is 19.4. The van der Waals surface area contributed by atoms with Crippen molar-refractivity contribution >= 4 is 28.7 Å². The molecule has 1 saturated carbocycles. The first-order valence-corrected chi connectivity index (χ1v) is 11.2. The van der Waals surface area contributed by atoms with E-state index in [2.05, 4.69) is 9.98 Å². The largest absolute Gasteiger partial charge is 0.449 e. The number of hydrogen-bond acceptors (Lipinski definition) is 4. The number of halogens is 3. The van der Waals surface area contributed by atoms with E-state index in [1.807, 2.05) is 6.92 Å². The molecule has 1 aliphatic carbocycles. The molecular weight excluding hydrogens is 465 g/mol. The highest BCUT2D eigenvalue weighted by molar-refractivity contribution is 5.95. The molecule has 0 unspecified atom stereocenters. The molecule has 1 saturated heterocycles. The van der Waals surface area contributed by atoms with Gasteiger partial charge in [0.2, 0.25) is 5.62 Å². The zero-order chi connectivity index (χ0) is 24.9. The monoisotopic (exact) mass is 488 g/mol. The van der Waals surface area contributed by atoms with Gasteiger partial charge < -0.3 is 19.4 Å². The summed E-state index contributed by atoms with van der Waals surface area (Å²) in [6.45, 7) is 2.78. The van der Waals surface area contributed by atoms with E-state index in [0.717, 1.165) is 12.1 Å². The zero-order valence-corrected chi connectivity index (χ0v) is 18.7. The van der Waals surface area contributed by atoms with Gasteiger partial charge in [0.05, 0.1) is 23.2 Å². The summed E-state index contributed by atoms with van der Waals surface area (Å²) in [6.07, 6.45) is -4.34. The number of imidazole rings is 1. The molecule has 2 aromatic carbocycles. The van der Waals surface area contributed by atoms with E-state index in [1.54, 1.807) is 22.8 Å². The van der Waals surface area contributed by atoms with Crippen LogP contribution in [0.5, 0.6) is 0 Å². The van der Waals surface area contributed by atoms with Gasteiger partial charge in [-0.15, -0.1) is 0 Å². The number of carbonyl (C=O) groups excluding carboxylic acids is 2. The highest BCUT2D eigenvalue weighted by Gasteiger charge is 2.48. The Kier molecular flexibility index (Phi) is 5.66. The Balaban J connectivity index is 1.60. The first kappa shape index (κ1) is 23.2. The maximum Gasteiger partial charge on any atom is 0.416 e. The number of fused-ring (bicyclic) bond motifs is 1. The van der Waals surface area contributed by atoms with E-state index in [0.29, 0.717) is 36.3 Å². The highest BCUT2D eigenvalue weighted by Crippen LogP contribution is 2.50. The smallest absolute Gasteiger partial charge is 0.416 e. The lowest BCUT2D eigenvalue weighted by Gasteiger charge is -2.26. The number of nitrogens with one attached hydrogen (secondary N) is 1. The van der Waals surface area contributed by atoms with E-state index < -0.39 is 23.7 Å². The fraction of sp³-hybridized carbons (Fsp3) is 0.375. The fourth-order valence-corrected chi connectivity index (χ4v) is 4.68. The minimum Gasteiger partial charge on any atom is -0.449 e. The number of aromatic nitrogens is 2. The number of carbonyl (C=O) groups is 2. The van der Waals surface area contributed by atoms with Crippen LogP contribution in [0.1, 0.15) is 35.3 Å². The van der Waals surface area contributed by atoms with Gasteiger partial charge in [0.1, 0.15) is 0 Å². The molecule has 0 bridgehead atoms. The molecule has 3 atom stereocenters. The topological polar surface area (TPSA) is 99.9 Å². The maximum atomic E-state index is 13.1. The molecule has 2 N–H and O–H groups in total. The maximum absolute atomic E-state index is 13.1. The first-order chi connectivity index (χ1) is 16.7. The number of benzene rings is 2. The first-order valence-electron chi connectivity index (χ1n) is 11.2. The standard InChI is InChI=1S/C24H23F3N4O4/c1-13-17(12-32)20(13)31-19-7-6-16(30-8-3-9-35-23(30)34)11-18(19)28-22(31)29-21(33)14-4-2-5-15(10-14)24(25,26)27/h2,4-7,10-11,13,17,20,32H,3,8-9,12H2,1H3,(H,28,29,33)/t13-,17-,20-/m1/s1. The Morgan fingerprint density at radius 1 is 1.26 bits per heavy atom. The number of cyclic esters (lactones) is 1. The number of aliphatic hydroxyl groups is 1. The van der Waals surface area contributed by atoms with E-state index in [1.165, 1.54) is 17.0 Å². The summed E-state index contributed by atoms with van der Waals surface area (Å²) in [4.78, 5) is 33.8. The number of H-pyrrole nitrogens is 1. The van der Waals surface area contributed by atoms with Crippen molar-refractivity contribution in [2.24, 2.45) is 16.8 Å². The predicted octanol–water partition coefficient (Wildman–Crippen LogP) is 3.88. The van der Waals surface area contributed by atoms with E-state index in [9.17, 15) is 27.9 Å². The van der Waals surface area contributed by atoms with Crippen molar-refractivity contribution in [1.29, 1.82) is 0 Å². The van der Waals surface area contributed by atoms with Crippen LogP contribution < -0.4 is 10.5 Å². The fourth-order valence-electron chi connectivity index (χ4n) is 4.68. The van der Waals surface area contributed by atoms with E-state index >= 15 is 0 Å². The quantitative estimate of drug-likeness (QED) is 0.582. The van der Waals surface area contributed by atoms with Gasteiger partial charge in [-0.1, -0.05) is 13.0 Å². The number of rotatable bonds is 4. The van der Waals surface area contributed by atoms with Crippen LogP contribution in [0.2, 0.25) is 0 Å². The molecule has 8 nitrogen and oxygen atoms in total. The summed E-state index contributed by atoms with van der Waals surface area (Å²) in [5.41, 5.74) is 0.930. The average Bonchev–Trinajstić information content (AvgIpc) is 3.34. The molecule has 0 radical (unpaired) electrons. The zero-order valence-electron chi connectivity index (χ0n) is 18.7. The van der Waals surface area contributed by atoms with E-state index in [-0.39, 0.29) is 35.7 Å². The molecule has 2 aliphatic rings. The van der Waals surface area contributed by atoms with Crippen LogP contribution in [0.25, 0.3) is 11.0 Å². The lowest BCUT2D eigenvalue weighted by molar-refractivity contribution is -0.137. The minimum atomic E-state index is -4.58. The molecule has 5 rings (SSSR count). The lowest BCUT2D eigenvalue weighted by atomic mass is 10.1. The second-order valence-corrected chi connectivity index (χ2v) is 8.83. The van der Waals surface area contributed by atoms with Crippen molar-refractivity contribution in [3.05, 3.63) is 59.2 Å². The van der Waals surface area contributed by atoms with Gasteiger partial charge in [-0.25, -0.2) is 4.79 Å². The molecule has 184 valence electrons. The number of ether oxygens (including phenoxy) is 1. The number of hydrogen-bond donors (Lipinski definition) is 2. The van der Waals surface area contributed by atoms with Crippen molar-refractivity contribution in [3.63, 3.8) is 0 Å². The van der Waals surface area contributed by atoms with Gasteiger partial charge in [-0.2, -0.15) is 18.2 Å². The molecule has 2 fully saturated rings. The second kappa shape index (κ2) is 8.56. The van der Waals surface area contributed by atoms with Crippen LogP contribution in [0.4, 0.5) is 23.7 Å². The Labute approximate surface area is 197 Å². The van der Waals surface area contributed by atoms with Crippen LogP contribution in [0.3, 0.4) is 0 Å². The molecule has 3 aromatic rings. The molecule has 11 heteroatoms. The number of nitrogens with zero attached hydrogens (tertiary/aromatic N) is 3. The van der Waals surface area contributed by atoms with Gasteiger partial charge in [0, 0.05) is 36.4 Å². The third-order valence-corrected chi connectivity index (χ3v) is 6.66. The Bertz CT molecular complexity index is 1380. The third kappa shape index (κ3) is 4.20. The van der Waals surface area contributed by atoms with Crippen LogP contribution in [0.15, 0.2) is 47.5 Å². The van der Waals surface area contributed by atoms with Gasteiger partial charge in [-0.05, 0) is 48.7 Å². The SMILES string of the molecule is C[C@@H]1[C@@H](CO)[C@@H]1n1/c(=N/C(=O)c2cccc(C(F)(F)F)c2)[nH]c2cc(N3CCCOC3=O)ccc21. The van der Waals surface area contributed by atoms with Crippen LogP contribution in [-0.2, 0) is 10.9 Å². The summed E-state index contributed by atoms with van der Waals surface area (Å²) in [5, 5.41) is 9.73. The van der Waals surface area contributed by atoms with Crippen molar-refractivity contribution < 1.29 is 32.6 Å². The van der Waals surface area contributed by atoms with E-state index in [4.69, 9.17) is 4.74 Å². The van der Waals surface area contributed by atoms with Gasteiger partial charge in [-0.3, -0.25) is 9.69 Å². The number of anilines is 1. The number of amides is 2. The molecule has 1 aliphatic heterocycles. The van der Waals surface area contributed by atoms with Crippen LogP contribution in [0, 0.1) is 11.8 Å². The summed E-state index contributed by atoms with van der Waals surface area (Å²) >= 11 is 0. The van der Waals surface area contributed by atoms with Gasteiger partial charge in [0.25, 0.3) is 5.91 Å². The van der Waals surface area contributed by atoms with Gasteiger partial charge >= 0.3 is 12.3 Å². The summed E-state index contributed by atoms with van der Waals surface area (Å²) in [5.74, 6) is -0.767. The minimum absolute atomic E-state index is 0.0478. The number of aromatic amines is 1. The molecule has 2 heterocycles. The van der Waals surface area contributed by atoms with Crippen molar-refractivity contribution in [2.75, 3.05) is 24.7 Å². The molecule has 2 amide bonds. The molecule has 35 heavy (non-hydrogen) atoms. The molecular formula is C24H23F3N4O4. The van der Waals surface area contributed by atoms with Crippen LogP contribution >= 0.6 is 0 Å². The van der Waals surface area contributed by atoms with Crippen LogP contribution in [-0.4, -0.2) is 46.4 Å². The second-order valence-electron chi connectivity index (χ2n) is 8.83. The normalized spacial score (nSPS) is 23.0. The van der Waals surface area contributed by atoms with Crippen molar-refractivity contribution in [1.82, 2.24) is 9.55 Å². The Morgan fingerprint density at radius 3 is 2.74 bits per heavy atom.